The molecule has 6 heteroatoms. The van der Waals surface area contributed by atoms with Crippen LogP contribution in [0.25, 0.3) is 0 Å². The minimum absolute atomic E-state index is 0.175. The Morgan fingerprint density at radius 2 is 1.76 bits per heavy atom. The normalized spacial score (nSPS) is 34.2. The number of amides is 2. The van der Waals surface area contributed by atoms with Crippen molar-refractivity contribution in [2.75, 3.05) is 0 Å². The molecule has 5 rings (SSSR count). The zero-order valence-corrected chi connectivity index (χ0v) is 12.7. The molecule has 21 heavy (non-hydrogen) atoms. The second kappa shape index (κ2) is 4.66. The summed E-state index contributed by atoms with van der Waals surface area (Å²) in [5.41, 5.74) is 0. The summed E-state index contributed by atoms with van der Waals surface area (Å²) in [5.74, 6) is 0.0857. The standard InChI is InChI=1S/C15H13BrN2O3/c16-11-6-5-10(21-11)7-17-18-14(19)12-8-1-2-9(4-3-8)13(12)15(18)20/h1-2,5-9,12-13H,3-4H2/t8-,9-,12-,13+/m0/s1. The number of halogens is 1. The predicted octanol–water partition coefficient (Wildman–Crippen LogP) is 2.57. The quantitative estimate of drug-likeness (QED) is 0.468. The Hall–Kier alpha value is -1.69. The highest BCUT2D eigenvalue weighted by Gasteiger charge is 2.56. The van der Waals surface area contributed by atoms with Gasteiger partial charge in [0.05, 0.1) is 18.1 Å². The Morgan fingerprint density at radius 1 is 1.14 bits per heavy atom. The number of fused-ring (bicyclic) bond motifs is 1. The molecule has 1 saturated carbocycles. The number of allylic oxidation sites excluding steroid dienone is 2. The van der Waals surface area contributed by atoms with Crippen molar-refractivity contribution in [1.82, 2.24) is 5.01 Å². The summed E-state index contributed by atoms with van der Waals surface area (Å²) in [6.07, 6.45) is 7.58. The van der Waals surface area contributed by atoms with Crippen molar-refractivity contribution in [1.29, 1.82) is 0 Å². The lowest BCUT2D eigenvalue weighted by atomic mass is 9.63. The molecule has 5 nitrogen and oxygen atoms in total. The molecule has 0 aromatic carbocycles. The summed E-state index contributed by atoms with van der Waals surface area (Å²) < 4.78 is 5.88. The Kier molecular flexibility index (Phi) is 2.89. The topological polar surface area (TPSA) is 62.9 Å². The van der Waals surface area contributed by atoms with Crippen LogP contribution in [0.15, 0.2) is 38.5 Å². The first-order valence-corrected chi connectivity index (χ1v) is 7.80. The second-order valence-corrected chi connectivity index (χ2v) is 6.50. The molecule has 2 heterocycles. The molecule has 0 radical (unpaired) electrons. The van der Waals surface area contributed by atoms with Gasteiger partial charge in [-0.15, -0.1) is 0 Å². The molecule has 0 N–H and O–H groups in total. The summed E-state index contributed by atoms with van der Waals surface area (Å²) >= 11 is 3.20. The monoisotopic (exact) mass is 348 g/mol. The number of rotatable bonds is 2. The third kappa shape index (κ3) is 1.92. The lowest BCUT2D eigenvalue weighted by Crippen LogP contribution is -2.38. The Labute approximate surface area is 129 Å². The van der Waals surface area contributed by atoms with Crippen LogP contribution in [0.1, 0.15) is 18.6 Å². The number of hydrogen-bond acceptors (Lipinski definition) is 4. The van der Waals surface area contributed by atoms with Crippen molar-refractivity contribution < 1.29 is 14.0 Å². The van der Waals surface area contributed by atoms with Gasteiger partial charge in [0.2, 0.25) is 0 Å². The number of carbonyl (C=O) groups excluding carboxylic acids is 2. The highest BCUT2D eigenvalue weighted by Crippen LogP contribution is 2.49. The van der Waals surface area contributed by atoms with Gasteiger partial charge < -0.3 is 4.42 Å². The maximum absolute atomic E-state index is 12.5. The van der Waals surface area contributed by atoms with E-state index in [1.807, 2.05) is 0 Å². The van der Waals surface area contributed by atoms with E-state index in [1.54, 1.807) is 12.1 Å². The predicted molar refractivity (Wildman–Crippen MR) is 78.2 cm³/mol. The fourth-order valence-electron chi connectivity index (χ4n) is 3.68. The van der Waals surface area contributed by atoms with Gasteiger partial charge in [0.1, 0.15) is 5.76 Å². The largest absolute Gasteiger partial charge is 0.448 e. The smallest absolute Gasteiger partial charge is 0.254 e. The van der Waals surface area contributed by atoms with Gasteiger partial charge in [-0.05, 0) is 52.7 Å². The maximum atomic E-state index is 12.5. The molecule has 1 aromatic rings. The summed E-state index contributed by atoms with van der Waals surface area (Å²) in [4.78, 5) is 25.0. The fourth-order valence-corrected chi connectivity index (χ4v) is 4.00. The van der Waals surface area contributed by atoms with Crippen LogP contribution in [-0.2, 0) is 9.59 Å². The summed E-state index contributed by atoms with van der Waals surface area (Å²) in [6.45, 7) is 0. The average molecular weight is 349 g/mol. The van der Waals surface area contributed by atoms with Crippen LogP contribution < -0.4 is 0 Å². The summed E-state index contributed by atoms with van der Waals surface area (Å²) in [7, 11) is 0. The van der Waals surface area contributed by atoms with E-state index < -0.39 is 0 Å². The third-order valence-corrected chi connectivity index (χ3v) is 5.06. The van der Waals surface area contributed by atoms with Crippen LogP contribution in [0.2, 0.25) is 0 Å². The molecule has 0 unspecified atom stereocenters. The van der Waals surface area contributed by atoms with E-state index >= 15 is 0 Å². The number of carbonyl (C=O) groups is 2. The number of hydrazone groups is 1. The van der Waals surface area contributed by atoms with Gasteiger partial charge in [-0.25, -0.2) is 0 Å². The minimum atomic E-state index is -0.221. The van der Waals surface area contributed by atoms with Crippen LogP contribution in [0.3, 0.4) is 0 Å². The Bertz CT molecular complexity index is 646. The molecule has 0 spiro atoms. The number of imide groups is 1. The van der Waals surface area contributed by atoms with Crippen molar-refractivity contribution in [2.45, 2.75) is 12.8 Å². The molecule has 2 fully saturated rings. The molecule has 2 amide bonds. The van der Waals surface area contributed by atoms with E-state index in [0.717, 1.165) is 17.9 Å². The molecule has 108 valence electrons. The van der Waals surface area contributed by atoms with Crippen molar-refractivity contribution >= 4 is 34.0 Å². The molecular formula is C15H13BrN2O3. The first kappa shape index (κ1) is 13.0. The lowest BCUT2D eigenvalue weighted by Gasteiger charge is -2.37. The lowest BCUT2D eigenvalue weighted by molar-refractivity contribution is -0.140. The van der Waals surface area contributed by atoms with E-state index in [9.17, 15) is 9.59 Å². The Balaban J connectivity index is 1.62. The van der Waals surface area contributed by atoms with Gasteiger partial charge in [-0.1, -0.05) is 12.2 Å². The molecule has 3 aliphatic carbocycles. The number of hydrogen-bond donors (Lipinski definition) is 0. The highest BCUT2D eigenvalue weighted by molar-refractivity contribution is 9.10. The fraction of sp³-hybridized carbons (Fsp3) is 0.400. The average Bonchev–Trinajstić information content (AvgIpc) is 3.03. The van der Waals surface area contributed by atoms with E-state index in [1.165, 1.54) is 6.21 Å². The van der Waals surface area contributed by atoms with Crippen molar-refractivity contribution in [3.05, 3.63) is 34.7 Å². The molecule has 1 aromatic heterocycles. The highest BCUT2D eigenvalue weighted by atomic mass is 79.9. The van der Waals surface area contributed by atoms with Crippen molar-refractivity contribution in [3.8, 4) is 0 Å². The van der Waals surface area contributed by atoms with Crippen LogP contribution in [-0.4, -0.2) is 23.0 Å². The van der Waals surface area contributed by atoms with E-state index in [4.69, 9.17) is 4.42 Å². The zero-order valence-electron chi connectivity index (χ0n) is 11.1. The molecule has 1 aliphatic heterocycles. The van der Waals surface area contributed by atoms with Crippen molar-refractivity contribution in [2.24, 2.45) is 28.8 Å². The molecule has 4 aliphatic rings. The van der Waals surface area contributed by atoms with Crippen LogP contribution in [0.5, 0.6) is 0 Å². The van der Waals surface area contributed by atoms with Gasteiger partial charge in [0.25, 0.3) is 11.8 Å². The Morgan fingerprint density at radius 3 is 2.24 bits per heavy atom. The summed E-state index contributed by atoms with van der Waals surface area (Å²) in [6, 6.07) is 3.45. The first-order chi connectivity index (χ1) is 10.1. The van der Waals surface area contributed by atoms with E-state index in [0.29, 0.717) is 10.4 Å². The maximum Gasteiger partial charge on any atom is 0.254 e. The SMILES string of the molecule is O=C1[C@@H]2[C@H](C(=O)N1N=Cc1ccc(Br)o1)[C@H]1C=C[C@H]2CC1. The van der Waals surface area contributed by atoms with E-state index in [2.05, 4.69) is 33.2 Å². The third-order valence-electron chi connectivity index (χ3n) is 4.63. The molecule has 4 atom stereocenters. The first-order valence-electron chi connectivity index (χ1n) is 7.00. The van der Waals surface area contributed by atoms with Crippen molar-refractivity contribution in [3.63, 3.8) is 0 Å². The summed E-state index contributed by atoms with van der Waals surface area (Å²) in [5, 5.41) is 5.09. The van der Waals surface area contributed by atoms with E-state index in [-0.39, 0.29) is 35.5 Å². The molecule has 1 saturated heterocycles. The number of nitrogens with zero attached hydrogens (tertiary/aromatic N) is 2. The molecular weight excluding hydrogens is 336 g/mol. The van der Waals surface area contributed by atoms with Gasteiger partial charge in [0, 0.05) is 0 Å². The van der Waals surface area contributed by atoms with Crippen LogP contribution >= 0.6 is 15.9 Å². The van der Waals surface area contributed by atoms with Gasteiger partial charge >= 0.3 is 0 Å². The molecule has 2 bridgehead atoms. The van der Waals surface area contributed by atoms with Gasteiger partial charge in [-0.2, -0.15) is 10.1 Å². The second-order valence-electron chi connectivity index (χ2n) is 5.72. The van der Waals surface area contributed by atoms with Gasteiger partial charge in [-0.3, -0.25) is 9.59 Å². The minimum Gasteiger partial charge on any atom is -0.448 e. The van der Waals surface area contributed by atoms with Crippen LogP contribution in [0.4, 0.5) is 0 Å². The zero-order chi connectivity index (χ0) is 14.6. The number of furan rings is 1. The van der Waals surface area contributed by atoms with Gasteiger partial charge in [0.15, 0.2) is 4.67 Å². The van der Waals surface area contributed by atoms with Crippen LogP contribution in [0, 0.1) is 23.7 Å².